The zero-order valence-electron chi connectivity index (χ0n) is 11.0. The molecule has 20 heavy (non-hydrogen) atoms. The van der Waals surface area contributed by atoms with E-state index in [0.717, 1.165) is 5.56 Å². The first-order chi connectivity index (χ1) is 9.39. The van der Waals surface area contributed by atoms with Crippen LogP contribution in [0.1, 0.15) is 18.4 Å². The van der Waals surface area contributed by atoms with Gasteiger partial charge >= 0.3 is 0 Å². The minimum Gasteiger partial charge on any atom is -0.271 e. The van der Waals surface area contributed by atoms with Crippen LogP contribution in [-0.2, 0) is 16.3 Å². The molecule has 7 heteroatoms. The van der Waals surface area contributed by atoms with Crippen molar-refractivity contribution < 1.29 is 12.8 Å². The molecule has 112 valence electrons. The molecule has 0 radical (unpaired) electrons. The van der Waals surface area contributed by atoms with Crippen LogP contribution < -0.4 is 11.3 Å². The van der Waals surface area contributed by atoms with Gasteiger partial charge < -0.3 is 0 Å². The zero-order valence-corrected chi connectivity index (χ0v) is 12.6. The molecule has 0 amide bonds. The number of benzene rings is 1. The van der Waals surface area contributed by atoms with Crippen LogP contribution in [0.3, 0.4) is 0 Å². The third-order valence-electron chi connectivity index (χ3n) is 3.65. The highest BCUT2D eigenvalue weighted by Gasteiger charge is 2.29. The maximum atomic E-state index is 13.1. The smallest absolute Gasteiger partial charge is 0.150 e. The molecule has 0 aromatic heterocycles. The number of halogens is 2. The van der Waals surface area contributed by atoms with E-state index in [2.05, 4.69) is 5.43 Å². The first-order valence-electron chi connectivity index (χ1n) is 6.50. The Balaban J connectivity index is 1.97. The molecular weight excluding hydrogens is 303 g/mol. The Morgan fingerprint density at radius 2 is 2.25 bits per heavy atom. The van der Waals surface area contributed by atoms with Gasteiger partial charge in [-0.3, -0.25) is 11.3 Å². The standard InChI is InChI=1S/C13H18ClFN2O2S/c14-12-7-9(1-2-13(12)15)5-11(17-16)6-10-3-4-20(18,19)8-10/h1-2,7,10-11,17H,3-6,8,16H2. The SMILES string of the molecule is NNC(Cc1ccc(F)c(Cl)c1)CC1CCS(=O)(=O)C1. The molecule has 1 fully saturated rings. The predicted molar refractivity (Wildman–Crippen MR) is 77.6 cm³/mol. The van der Waals surface area contributed by atoms with Gasteiger partial charge in [-0.2, -0.15) is 0 Å². The van der Waals surface area contributed by atoms with E-state index in [4.69, 9.17) is 17.4 Å². The van der Waals surface area contributed by atoms with E-state index in [1.165, 1.54) is 6.07 Å². The quantitative estimate of drug-likeness (QED) is 0.639. The molecule has 0 aliphatic carbocycles. The van der Waals surface area contributed by atoms with Crippen molar-refractivity contribution in [3.63, 3.8) is 0 Å². The van der Waals surface area contributed by atoms with E-state index >= 15 is 0 Å². The molecule has 1 heterocycles. The lowest BCUT2D eigenvalue weighted by Crippen LogP contribution is -2.38. The lowest BCUT2D eigenvalue weighted by molar-refractivity contribution is 0.408. The Morgan fingerprint density at radius 1 is 1.50 bits per heavy atom. The third-order valence-corrected chi connectivity index (χ3v) is 5.77. The lowest BCUT2D eigenvalue weighted by Gasteiger charge is -2.19. The molecule has 0 saturated carbocycles. The predicted octanol–water partition coefficient (Wildman–Crippen LogP) is 1.68. The Labute approximate surface area is 123 Å². The monoisotopic (exact) mass is 320 g/mol. The van der Waals surface area contributed by atoms with Gasteiger partial charge in [0.15, 0.2) is 9.84 Å². The summed E-state index contributed by atoms with van der Waals surface area (Å²) in [6.45, 7) is 0. The van der Waals surface area contributed by atoms with Crippen molar-refractivity contribution in [3.8, 4) is 0 Å². The average molecular weight is 321 g/mol. The van der Waals surface area contributed by atoms with Gasteiger partial charge in [0.25, 0.3) is 0 Å². The van der Waals surface area contributed by atoms with Crippen LogP contribution in [0.15, 0.2) is 18.2 Å². The van der Waals surface area contributed by atoms with Crippen molar-refractivity contribution in [1.29, 1.82) is 0 Å². The van der Waals surface area contributed by atoms with Gasteiger partial charge in [-0.1, -0.05) is 17.7 Å². The highest BCUT2D eigenvalue weighted by atomic mass is 35.5. The summed E-state index contributed by atoms with van der Waals surface area (Å²) in [5.41, 5.74) is 3.58. The van der Waals surface area contributed by atoms with Gasteiger partial charge in [-0.25, -0.2) is 12.8 Å². The van der Waals surface area contributed by atoms with Gasteiger partial charge in [0.05, 0.1) is 16.5 Å². The fourth-order valence-corrected chi connectivity index (χ4v) is 4.70. The van der Waals surface area contributed by atoms with Gasteiger partial charge in [-0.15, -0.1) is 0 Å². The van der Waals surface area contributed by atoms with E-state index in [9.17, 15) is 12.8 Å². The van der Waals surface area contributed by atoms with E-state index < -0.39 is 15.7 Å². The summed E-state index contributed by atoms with van der Waals surface area (Å²) in [4.78, 5) is 0. The van der Waals surface area contributed by atoms with Crippen molar-refractivity contribution in [1.82, 2.24) is 5.43 Å². The molecule has 2 rings (SSSR count). The molecule has 2 atom stereocenters. The summed E-state index contributed by atoms with van der Waals surface area (Å²) in [5, 5.41) is 0.0849. The van der Waals surface area contributed by atoms with Crippen LogP contribution in [0.25, 0.3) is 0 Å². The second kappa shape index (κ2) is 6.39. The Bertz CT molecular complexity index is 580. The van der Waals surface area contributed by atoms with E-state index in [0.29, 0.717) is 19.3 Å². The van der Waals surface area contributed by atoms with Gasteiger partial charge in [0.1, 0.15) is 5.82 Å². The summed E-state index contributed by atoms with van der Waals surface area (Å²) in [6, 6.07) is 4.52. The number of nitrogens with two attached hydrogens (primary N) is 1. The third kappa shape index (κ3) is 4.15. The summed E-state index contributed by atoms with van der Waals surface area (Å²) in [7, 11) is -2.87. The fraction of sp³-hybridized carbons (Fsp3) is 0.538. The van der Waals surface area contributed by atoms with Crippen LogP contribution in [0.2, 0.25) is 5.02 Å². The molecule has 0 spiro atoms. The topological polar surface area (TPSA) is 72.2 Å². The minimum atomic E-state index is -2.87. The maximum absolute atomic E-state index is 13.1. The number of hydrogen-bond acceptors (Lipinski definition) is 4. The number of sulfone groups is 1. The minimum absolute atomic E-state index is 0.0465. The largest absolute Gasteiger partial charge is 0.271 e. The average Bonchev–Trinajstić information content (AvgIpc) is 2.72. The van der Waals surface area contributed by atoms with Crippen LogP contribution in [-0.4, -0.2) is 26.0 Å². The Morgan fingerprint density at radius 3 is 2.80 bits per heavy atom. The lowest BCUT2D eigenvalue weighted by atomic mass is 9.95. The normalized spacial score (nSPS) is 22.9. The molecule has 1 aliphatic heterocycles. The van der Waals surface area contributed by atoms with Crippen LogP contribution in [0.4, 0.5) is 4.39 Å². The molecule has 1 saturated heterocycles. The first-order valence-corrected chi connectivity index (χ1v) is 8.70. The molecule has 1 aromatic carbocycles. The van der Waals surface area contributed by atoms with Crippen LogP contribution in [0, 0.1) is 11.7 Å². The van der Waals surface area contributed by atoms with E-state index in [1.54, 1.807) is 12.1 Å². The van der Waals surface area contributed by atoms with Gasteiger partial charge in [0.2, 0.25) is 0 Å². The number of nitrogens with one attached hydrogen (secondary N) is 1. The number of rotatable bonds is 5. The van der Waals surface area contributed by atoms with Crippen molar-refractivity contribution in [2.45, 2.75) is 25.3 Å². The molecule has 1 aliphatic rings. The summed E-state index contributed by atoms with van der Waals surface area (Å²) in [5.74, 6) is 5.71. The summed E-state index contributed by atoms with van der Waals surface area (Å²) in [6.07, 6.45) is 1.96. The molecule has 3 N–H and O–H groups in total. The highest BCUT2D eigenvalue weighted by Crippen LogP contribution is 2.24. The highest BCUT2D eigenvalue weighted by molar-refractivity contribution is 7.91. The number of hydrazine groups is 1. The Hall–Kier alpha value is -0.690. The van der Waals surface area contributed by atoms with E-state index in [1.807, 2.05) is 0 Å². The van der Waals surface area contributed by atoms with Gasteiger partial charge in [-0.05, 0) is 42.9 Å². The zero-order chi connectivity index (χ0) is 14.8. The van der Waals surface area contributed by atoms with Crippen molar-refractivity contribution in [3.05, 3.63) is 34.6 Å². The molecule has 4 nitrogen and oxygen atoms in total. The number of hydrogen-bond donors (Lipinski definition) is 2. The van der Waals surface area contributed by atoms with Crippen LogP contribution >= 0.6 is 11.6 Å². The molecule has 2 unspecified atom stereocenters. The second-order valence-electron chi connectivity index (χ2n) is 5.32. The van der Waals surface area contributed by atoms with Crippen molar-refractivity contribution in [2.24, 2.45) is 11.8 Å². The van der Waals surface area contributed by atoms with Crippen molar-refractivity contribution >= 4 is 21.4 Å². The first kappa shape index (κ1) is 15.7. The van der Waals surface area contributed by atoms with Gasteiger partial charge in [0, 0.05) is 6.04 Å². The van der Waals surface area contributed by atoms with Crippen molar-refractivity contribution in [2.75, 3.05) is 11.5 Å². The maximum Gasteiger partial charge on any atom is 0.150 e. The molecule has 1 aromatic rings. The summed E-state index contributed by atoms with van der Waals surface area (Å²) >= 11 is 5.74. The summed E-state index contributed by atoms with van der Waals surface area (Å²) < 4.78 is 36.0. The van der Waals surface area contributed by atoms with E-state index in [-0.39, 0.29) is 28.5 Å². The Kier molecular flexibility index (Phi) is 5.01. The second-order valence-corrected chi connectivity index (χ2v) is 7.96. The molecular formula is C13H18ClFN2O2S. The fourth-order valence-electron chi connectivity index (χ4n) is 2.62. The molecule has 0 bridgehead atoms. The van der Waals surface area contributed by atoms with Crippen LogP contribution in [0.5, 0.6) is 0 Å².